The number of imidazole rings is 1. The van der Waals surface area contributed by atoms with E-state index >= 15 is 0 Å². The van der Waals surface area contributed by atoms with Crippen molar-refractivity contribution in [1.29, 1.82) is 0 Å². The summed E-state index contributed by atoms with van der Waals surface area (Å²) in [6, 6.07) is 17.1. The predicted octanol–water partition coefficient (Wildman–Crippen LogP) is 6.25. The number of para-hydroxylation sites is 1. The number of fused-ring (bicyclic) bond motifs is 1. The second kappa shape index (κ2) is 9.31. The Morgan fingerprint density at radius 2 is 1.59 bits per heavy atom. The summed E-state index contributed by atoms with van der Waals surface area (Å²) in [5.41, 5.74) is 1.36. The van der Waals surface area contributed by atoms with Crippen molar-refractivity contribution in [2.45, 2.75) is 32.5 Å². The normalized spacial score (nSPS) is 12.7. The summed E-state index contributed by atoms with van der Waals surface area (Å²) >= 11 is 0. The van der Waals surface area contributed by atoms with Crippen LogP contribution in [0.2, 0.25) is 0 Å². The molecule has 0 aliphatic carbocycles. The van der Waals surface area contributed by atoms with Gasteiger partial charge in [-0.1, -0.05) is 24.3 Å². The van der Waals surface area contributed by atoms with Crippen molar-refractivity contribution in [3.8, 4) is 5.69 Å². The summed E-state index contributed by atoms with van der Waals surface area (Å²) in [7, 11) is 0. The van der Waals surface area contributed by atoms with Crippen LogP contribution in [0.4, 0.5) is 17.6 Å². The Hall–Kier alpha value is -4.27. The summed E-state index contributed by atoms with van der Waals surface area (Å²) < 4.78 is 55.9. The minimum Gasteiger partial charge on any atom is -0.324 e. The molecule has 188 valence electrons. The van der Waals surface area contributed by atoms with Crippen LogP contribution in [0.3, 0.4) is 0 Å². The maximum Gasteiger partial charge on any atom is 0.416 e. The quantitative estimate of drug-likeness (QED) is 0.265. The maximum atomic E-state index is 13.7. The lowest BCUT2D eigenvalue weighted by Gasteiger charge is -2.21. The fourth-order valence-electron chi connectivity index (χ4n) is 4.42. The third kappa shape index (κ3) is 4.76. The fourth-order valence-corrected chi connectivity index (χ4v) is 4.42. The van der Waals surface area contributed by atoms with Crippen molar-refractivity contribution in [3.63, 3.8) is 0 Å². The number of nitrogens with zero attached hydrogens (tertiary/aromatic N) is 4. The van der Waals surface area contributed by atoms with E-state index in [2.05, 4.69) is 4.98 Å². The van der Waals surface area contributed by atoms with Gasteiger partial charge < -0.3 is 4.57 Å². The van der Waals surface area contributed by atoms with Gasteiger partial charge in [0.2, 0.25) is 0 Å². The molecule has 0 N–H and O–H groups in total. The topological polar surface area (TPSA) is 52.7 Å². The van der Waals surface area contributed by atoms with Crippen molar-refractivity contribution < 1.29 is 17.6 Å². The first-order chi connectivity index (χ1) is 17.6. The van der Waals surface area contributed by atoms with Crippen LogP contribution in [0.15, 0.2) is 83.8 Å². The molecule has 0 aliphatic rings. The first kappa shape index (κ1) is 24.4. The van der Waals surface area contributed by atoms with E-state index in [0.717, 1.165) is 12.1 Å². The Kier molecular flexibility index (Phi) is 6.15. The van der Waals surface area contributed by atoms with Gasteiger partial charge in [-0.2, -0.15) is 13.2 Å². The van der Waals surface area contributed by atoms with Gasteiger partial charge in [-0.15, -0.1) is 0 Å². The summed E-state index contributed by atoms with van der Waals surface area (Å²) in [4.78, 5) is 23.0. The largest absolute Gasteiger partial charge is 0.416 e. The third-order valence-electron chi connectivity index (χ3n) is 6.25. The molecule has 0 spiro atoms. The highest BCUT2D eigenvalue weighted by Crippen LogP contribution is 2.30. The molecule has 1 atom stereocenters. The van der Waals surface area contributed by atoms with Gasteiger partial charge in [0.15, 0.2) is 0 Å². The van der Waals surface area contributed by atoms with Gasteiger partial charge in [-0.25, -0.2) is 14.4 Å². The van der Waals surface area contributed by atoms with Crippen molar-refractivity contribution in [2.75, 3.05) is 0 Å². The molecule has 0 saturated carbocycles. The van der Waals surface area contributed by atoms with Crippen molar-refractivity contribution in [1.82, 2.24) is 19.1 Å². The summed E-state index contributed by atoms with van der Waals surface area (Å²) in [5.74, 6) is 0.600. The Morgan fingerprint density at radius 3 is 2.27 bits per heavy atom. The van der Waals surface area contributed by atoms with E-state index in [1.165, 1.54) is 41.0 Å². The molecule has 0 amide bonds. The molecule has 0 bridgehead atoms. The molecule has 2 heterocycles. The highest BCUT2D eigenvalue weighted by atomic mass is 19.4. The average Bonchev–Trinajstić information content (AvgIpc) is 3.24. The molecule has 37 heavy (non-hydrogen) atoms. The SMILES string of the molecule is Cc1cn(C(C)c2nc3ccccc3c(=O)n2-c2ccc(F)cc2)c(Cc2ccc(C(F)(F)F)cc2)n1. The zero-order valence-corrected chi connectivity index (χ0v) is 20.0. The van der Waals surface area contributed by atoms with E-state index in [1.807, 2.05) is 24.6 Å². The van der Waals surface area contributed by atoms with E-state index in [0.29, 0.717) is 39.5 Å². The fraction of sp³-hybridized carbons (Fsp3) is 0.179. The van der Waals surface area contributed by atoms with Crippen LogP contribution in [-0.2, 0) is 12.6 Å². The van der Waals surface area contributed by atoms with Gasteiger partial charge in [0.05, 0.1) is 33.9 Å². The highest BCUT2D eigenvalue weighted by Gasteiger charge is 2.30. The molecule has 1 unspecified atom stereocenters. The average molecular weight is 507 g/mol. The van der Waals surface area contributed by atoms with Gasteiger partial charge in [0.1, 0.15) is 17.5 Å². The molecule has 9 heteroatoms. The minimum absolute atomic E-state index is 0.282. The van der Waals surface area contributed by atoms with E-state index in [4.69, 9.17) is 4.98 Å². The minimum atomic E-state index is -4.41. The van der Waals surface area contributed by atoms with Crippen LogP contribution in [-0.4, -0.2) is 19.1 Å². The number of alkyl halides is 3. The molecule has 3 aromatic carbocycles. The lowest BCUT2D eigenvalue weighted by Crippen LogP contribution is -2.27. The van der Waals surface area contributed by atoms with Crippen LogP contribution in [0.1, 0.15) is 41.4 Å². The second-order valence-electron chi connectivity index (χ2n) is 8.86. The Morgan fingerprint density at radius 1 is 0.919 bits per heavy atom. The molecular formula is C28H22F4N4O. The Labute approximate surface area is 209 Å². The van der Waals surface area contributed by atoms with Gasteiger partial charge in [-0.05, 0) is 67.9 Å². The highest BCUT2D eigenvalue weighted by molar-refractivity contribution is 5.77. The number of hydrogen-bond donors (Lipinski definition) is 0. The molecule has 0 radical (unpaired) electrons. The molecule has 5 aromatic rings. The lowest BCUT2D eigenvalue weighted by atomic mass is 10.1. The maximum absolute atomic E-state index is 13.7. The van der Waals surface area contributed by atoms with Crippen molar-refractivity contribution in [3.05, 3.63) is 124 Å². The van der Waals surface area contributed by atoms with Gasteiger partial charge in [-0.3, -0.25) is 9.36 Å². The molecule has 5 rings (SSSR count). The van der Waals surface area contributed by atoms with Crippen molar-refractivity contribution >= 4 is 10.9 Å². The van der Waals surface area contributed by atoms with Crippen LogP contribution < -0.4 is 5.56 Å². The first-order valence-electron chi connectivity index (χ1n) is 11.6. The number of aryl methyl sites for hydroxylation is 1. The number of rotatable bonds is 5. The van der Waals surface area contributed by atoms with Gasteiger partial charge in [0.25, 0.3) is 5.56 Å². The Bertz CT molecular complexity index is 1630. The predicted molar refractivity (Wildman–Crippen MR) is 132 cm³/mol. The van der Waals surface area contributed by atoms with Crippen LogP contribution >= 0.6 is 0 Å². The van der Waals surface area contributed by atoms with Gasteiger partial charge >= 0.3 is 6.18 Å². The van der Waals surface area contributed by atoms with Gasteiger partial charge in [0, 0.05) is 12.6 Å². The smallest absolute Gasteiger partial charge is 0.324 e. The van der Waals surface area contributed by atoms with Crippen LogP contribution in [0.5, 0.6) is 0 Å². The standard InChI is InChI=1S/C28H22F4N4O/c1-17-16-35(25(33-17)15-19-7-9-20(10-8-19)28(30,31)32)18(2)26-34-24-6-4-3-5-23(24)27(37)36(26)22-13-11-21(29)12-14-22/h3-14,16,18H,15H2,1-2H3. The molecule has 5 nitrogen and oxygen atoms in total. The summed E-state index contributed by atoms with van der Waals surface area (Å²) in [6.45, 7) is 3.69. The zero-order valence-electron chi connectivity index (χ0n) is 20.0. The second-order valence-corrected chi connectivity index (χ2v) is 8.86. The first-order valence-corrected chi connectivity index (χ1v) is 11.6. The van der Waals surface area contributed by atoms with E-state index < -0.39 is 23.6 Å². The molecule has 0 aliphatic heterocycles. The van der Waals surface area contributed by atoms with E-state index in [1.54, 1.807) is 24.3 Å². The summed E-state index contributed by atoms with van der Waals surface area (Å²) in [5, 5.41) is 0.426. The molecule has 2 aromatic heterocycles. The van der Waals surface area contributed by atoms with Crippen molar-refractivity contribution in [2.24, 2.45) is 0 Å². The van der Waals surface area contributed by atoms with Crippen LogP contribution in [0.25, 0.3) is 16.6 Å². The van der Waals surface area contributed by atoms with E-state index in [9.17, 15) is 22.4 Å². The lowest BCUT2D eigenvalue weighted by molar-refractivity contribution is -0.137. The van der Waals surface area contributed by atoms with Crippen LogP contribution in [0, 0.1) is 12.7 Å². The molecule has 0 fully saturated rings. The number of benzene rings is 3. The third-order valence-corrected chi connectivity index (χ3v) is 6.25. The van der Waals surface area contributed by atoms with E-state index in [-0.39, 0.29) is 12.0 Å². The number of halogens is 4. The molecule has 0 saturated heterocycles. The Balaban J connectivity index is 1.61. The monoisotopic (exact) mass is 506 g/mol. The number of hydrogen-bond acceptors (Lipinski definition) is 3. The molecular weight excluding hydrogens is 484 g/mol. The summed E-state index contributed by atoms with van der Waals surface area (Å²) in [6.07, 6.45) is -2.31. The number of aromatic nitrogens is 4. The zero-order chi connectivity index (χ0) is 26.3.